The number of piperazine rings is 1. The number of hydrogen-bond acceptors (Lipinski definition) is 5. The molecule has 0 bridgehead atoms. The minimum absolute atomic E-state index is 0. The molecule has 0 unspecified atom stereocenters. The standard InChI is InChI=1S/C19H23ClN2O3.Na.H/c1-24-18-6-4-3-5-16(18)22-9-7-21(8-10-22)13-14-11-17(23)19(25-2)12-15(14)20;;/h3-6,11-12,23H,7-10,13H2,1-2H3;;/q;+1;-1. The molecule has 0 radical (unpaired) electrons. The first-order chi connectivity index (χ1) is 12.1. The third kappa shape index (κ3) is 4.78. The van der Waals surface area contributed by atoms with E-state index in [1.54, 1.807) is 19.2 Å². The molecule has 1 saturated heterocycles. The molecule has 136 valence electrons. The van der Waals surface area contributed by atoms with Gasteiger partial charge in [0, 0.05) is 43.8 Å². The SMILES string of the molecule is COc1cc(Cl)c(CN2CCN(c3ccccc3OC)CC2)cc1O.[H-].[Na+]. The first-order valence-electron chi connectivity index (χ1n) is 8.28. The molecule has 1 heterocycles. The molecular weight excluding hydrogens is 363 g/mol. The molecule has 0 amide bonds. The van der Waals surface area contributed by atoms with E-state index in [1.807, 2.05) is 18.2 Å². The Kier molecular flexibility index (Phi) is 7.92. The largest absolute Gasteiger partial charge is 1.00 e. The number of halogens is 1. The Balaban J connectivity index is 0.00000182. The van der Waals surface area contributed by atoms with Crippen LogP contribution in [0.25, 0.3) is 0 Å². The summed E-state index contributed by atoms with van der Waals surface area (Å²) in [4.78, 5) is 4.67. The van der Waals surface area contributed by atoms with Gasteiger partial charge in [-0.3, -0.25) is 4.90 Å². The van der Waals surface area contributed by atoms with Crippen LogP contribution in [0.4, 0.5) is 5.69 Å². The third-order valence-electron chi connectivity index (χ3n) is 4.54. The van der Waals surface area contributed by atoms with Crippen molar-refractivity contribution in [3.63, 3.8) is 0 Å². The van der Waals surface area contributed by atoms with Crippen LogP contribution < -0.4 is 43.9 Å². The number of rotatable bonds is 5. The van der Waals surface area contributed by atoms with Crippen molar-refractivity contribution in [3.8, 4) is 17.2 Å². The van der Waals surface area contributed by atoms with Gasteiger partial charge in [-0.1, -0.05) is 23.7 Å². The number of aromatic hydroxyl groups is 1. The average molecular weight is 387 g/mol. The molecule has 2 aromatic carbocycles. The van der Waals surface area contributed by atoms with Crippen molar-refractivity contribution in [2.45, 2.75) is 6.54 Å². The van der Waals surface area contributed by atoms with Crippen molar-refractivity contribution in [3.05, 3.63) is 47.0 Å². The summed E-state index contributed by atoms with van der Waals surface area (Å²) < 4.78 is 10.5. The van der Waals surface area contributed by atoms with Crippen molar-refractivity contribution in [1.82, 2.24) is 4.90 Å². The number of benzene rings is 2. The molecule has 3 rings (SSSR count). The molecule has 2 aromatic rings. The van der Waals surface area contributed by atoms with Gasteiger partial charge < -0.3 is 20.9 Å². The van der Waals surface area contributed by atoms with Gasteiger partial charge in [0.2, 0.25) is 0 Å². The number of nitrogens with zero attached hydrogens (tertiary/aromatic N) is 2. The number of phenolic OH excluding ortho intramolecular Hbond substituents is 1. The van der Waals surface area contributed by atoms with Crippen LogP contribution in [0, 0.1) is 0 Å². The molecular formula is C19H24ClN2NaO3. The normalized spacial score (nSPS) is 14.7. The summed E-state index contributed by atoms with van der Waals surface area (Å²) in [5.41, 5.74) is 2.04. The van der Waals surface area contributed by atoms with Crippen LogP contribution in [-0.2, 0) is 6.54 Å². The molecule has 1 aliphatic heterocycles. The molecule has 5 nitrogen and oxygen atoms in total. The minimum Gasteiger partial charge on any atom is -1.00 e. The van der Waals surface area contributed by atoms with Gasteiger partial charge in [0.1, 0.15) is 5.75 Å². The Morgan fingerprint density at radius 2 is 1.69 bits per heavy atom. The number of hydrogen-bond donors (Lipinski definition) is 1. The fraction of sp³-hybridized carbons (Fsp3) is 0.368. The molecule has 1 aliphatic rings. The van der Waals surface area contributed by atoms with Crippen LogP contribution in [0.5, 0.6) is 17.2 Å². The van der Waals surface area contributed by atoms with E-state index in [2.05, 4.69) is 15.9 Å². The van der Waals surface area contributed by atoms with Crippen molar-refractivity contribution >= 4 is 17.3 Å². The Hall–Kier alpha value is -1.11. The molecule has 0 spiro atoms. The second kappa shape index (κ2) is 9.72. The van der Waals surface area contributed by atoms with E-state index in [-0.39, 0.29) is 36.7 Å². The van der Waals surface area contributed by atoms with Crippen LogP contribution in [0.15, 0.2) is 36.4 Å². The maximum absolute atomic E-state index is 9.97. The number of ether oxygens (including phenoxy) is 2. The molecule has 0 atom stereocenters. The van der Waals surface area contributed by atoms with E-state index in [1.165, 1.54) is 7.11 Å². The summed E-state index contributed by atoms with van der Waals surface area (Å²) in [6.07, 6.45) is 0. The van der Waals surface area contributed by atoms with Crippen molar-refractivity contribution in [2.24, 2.45) is 0 Å². The zero-order valence-electron chi connectivity index (χ0n) is 16.5. The van der Waals surface area contributed by atoms with Gasteiger partial charge in [-0.05, 0) is 23.8 Å². The Morgan fingerprint density at radius 1 is 1.04 bits per heavy atom. The smallest absolute Gasteiger partial charge is 1.00 e. The number of para-hydroxylation sites is 2. The van der Waals surface area contributed by atoms with Gasteiger partial charge in [0.15, 0.2) is 11.5 Å². The zero-order valence-corrected chi connectivity index (χ0v) is 18.3. The zero-order chi connectivity index (χ0) is 17.8. The fourth-order valence-electron chi connectivity index (χ4n) is 3.15. The fourth-order valence-corrected chi connectivity index (χ4v) is 3.36. The maximum atomic E-state index is 9.97. The maximum Gasteiger partial charge on any atom is 1.00 e. The molecule has 0 aliphatic carbocycles. The summed E-state index contributed by atoms with van der Waals surface area (Å²) in [7, 11) is 3.22. The van der Waals surface area contributed by atoms with Crippen LogP contribution in [-0.4, -0.2) is 50.4 Å². The van der Waals surface area contributed by atoms with Gasteiger partial charge in [-0.15, -0.1) is 0 Å². The summed E-state index contributed by atoms with van der Waals surface area (Å²) >= 11 is 6.32. The van der Waals surface area contributed by atoms with Gasteiger partial charge >= 0.3 is 29.6 Å². The van der Waals surface area contributed by atoms with E-state index in [0.29, 0.717) is 17.3 Å². The molecule has 1 fully saturated rings. The van der Waals surface area contributed by atoms with Gasteiger partial charge in [0.25, 0.3) is 0 Å². The first kappa shape index (κ1) is 21.2. The summed E-state index contributed by atoms with van der Waals surface area (Å²) in [6.45, 7) is 4.37. The molecule has 1 N–H and O–H groups in total. The topological polar surface area (TPSA) is 45.2 Å². The average Bonchev–Trinajstić information content (AvgIpc) is 2.65. The molecule has 0 saturated carbocycles. The monoisotopic (exact) mass is 386 g/mol. The van der Waals surface area contributed by atoms with E-state index in [4.69, 9.17) is 21.1 Å². The Labute approximate surface area is 183 Å². The Bertz CT molecular complexity index is 743. The van der Waals surface area contributed by atoms with Crippen molar-refractivity contribution in [1.29, 1.82) is 0 Å². The molecule has 26 heavy (non-hydrogen) atoms. The summed E-state index contributed by atoms with van der Waals surface area (Å²) in [5.74, 6) is 1.42. The number of methoxy groups -OCH3 is 2. The molecule has 7 heteroatoms. The predicted octanol–water partition coefficient (Wildman–Crippen LogP) is 0.501. The van der Waals surface area contributed by atoms with E-state index in [9.17, 15) is 5.11 Å². The van der Waals surface area contributed by atoms with Crippen LogP contribution in [0.1, 0.15) is 6.99 Å². The second-order valence-electron chi connectivity index (χ2n) is 6.05. The summed E-state index contributed by atoms with van der Waals surface area (Å²) in [6, 6.07) is 11.4. The van der Waals surface area contributed by atoms with Crippen LogP contribution in [0.2, 0.25) is 5.02 Å². The second-order valence-corrected chi connectivity index (χ2v) is 6.46. The van der Waals surface area contributed by atoms with Crippen LogP contribution in [0.3, 0.4) is 0 Å². The third-order valence-corrected chi connectivity index (χ3v) is 4.89. The molecule has 0 aromatic heterocycles. The van der Waals surface area contributed by atoms with E-state index in [0.717, 1.165) is 43.2 Å². The van der Waals surface area contributed by atoms with Gasteiger partial charge in [-0.25, -0.2) is 0 Å². The summed E-state index contributed by atoms with van der Waals surface area (Å²) in [5, 5.41) is 10.6. The van der Waals surface area contributed by atoms with Crippen molar-refractivity contribution < 1.29 is 45.6 Å². The van der Waals surface area contributed by atoms with Crippen LogP contribution >= 0.6 is 11.6 Å². The quantitative estimate of drug-likeness (QED) is 0.758. The van der Waals surface area contributed by atoms with Gasteiger partial charge in [0.05, 0.1) is 19.9 Å². The van der Waals surface area contributed by atoms with Gasteiger partial charge in [-0.2, -0.15) is 0 Å². The number of phenols is 1. The van der Waals surface area contributed by atoms with E-state index >= 15 is 0 Å². The minimum atomic E-state index is 0. The van der Waals surface area contributed by atoms with Crippen molar-refractivity contribution in [2.75, 3.05) is 45.3 Å². The Morgan fingerprint density at radius 3 is 2.35 bits per heavy atom. The predicted molar refractivity (Wildman–Crippen MR) is 101 cm³/mol. The first-order valence-corrected chi connectivity index (χ1v) is 8.66. The number of anilines is 1. The van der Waals surface area contributed by atoms with E-state index < -0.39 is 0 Å².